The molecule has 0 aliphatic rings. The van der Waals surface area contributed by atoms with E-state index in [0.29, 0.717) is 23.3 Å². The van der Waals surface area contributed by atoms with Crippen LogP contribution in [0.5, 0.6) is 5.75 Å². The lowest BCUT2D eigenvalue weighted by atomic mass is 10.1. The number of benzene rings is 1. The van der Waals surface area contributed by atoms with Crippen LogP contribution in [0, 0.1) is 13.8 Å². The van der Waals surface area contributed by atoms with E-state index in [-0.39, 0.29) is 17.3 Å². The molecule has 2 heterocycles. The van der Waals surface area contributed by atoms with Crippen molar-refractivity contribution in [2.45, 2.75) is 20.0 Å². The maximum absolute atomic E-state index is 13.7. The minimum atomic E-state index is -4.72. The number of rotatable bonds is 7. The zero-order valence-corrected chi connectivity index (χ0v) is 18.0. The van der Waals surface area contributed by atoms with Gasteiger partial charge in [0.25, 0.3) is 0 Å². The number of nitrogens with zero attached hydrogens (tertiary/aromatic N) is 3. The Hall–Kier alpha value is -4.15. The normalized spacial score (nSPS) is 11.0. The predicted molar refractivity (Wildman–Crippen MR) is 119 cm³/mol. The van der Waals surface area contributed by atoms with Crippen LogP contribution in [0.4, 0.5) is 42.0 Å². The van der Waals surface area contributed by atoms with E-state index < -0.39 is 23.5 Å². The Kier molecular flexibility index (Phi) is 6.80. The monoisotopic (exact) mass is 458 g/mol. The number of carbonyl (C=O) groups is 1. The molecule has 0 spiro atoms. The number of carbonyl (C=O) groups excluding carboxylic acids is 1. The molecule has 0 unspecified atom stereocenters. The lowest BCUT2D eigenvalue weighted by Crippen LogP contribution is -2.14. The van der Waals surface area contributed by atoms with Crippen LogP contribution in [0.15, 0.2) is 49.3 Å². The number of anilines is 5. The first kappa shape index (κ1) is 23.5. The van der Waals surface area contributed by atoms with Gasteiger partial charge >= 0.3 is 6.18 Å². The number of aromatic nitrogens is 3. The number of ether oxygens (including phenoxy) is 1. The van der Waals surface area contributed by atoms with Gasteiger partial charge in [-0.1, -0.05) is 12.6 Å². The highest BCUT2D eigenvalue weighted by Gasteiger charge is 2.35. The van der Waals surface area contributed by atoms with Crippen LogP contribution in [0.2, 0.25) is 0 Å². The minimum absolute atomic E-state index is 0.0903. The van der Waals surface area contributed by atoms with Crippen molar-refractivity contribution in [3.8, 4) is 5.75 Å². The number of halogens is 3. The largest absolute Gasteiger partial charge is 0.495 e. The Morgan fingerprint density at radius 1 is 1.06 bits per heavy atom. The first-order valence-electron chi connectivity index (χ1n) is 9.63. The fraction of sp³-hybridized carbons (Fsp3) is 0.182. The summed E-state index contributed by atoms with van der Waals surface area (Å²) in [4.78, 5) is 23.8. The van der Waals surface area contributed by atoms with E-state index in [9.17, 15) is 18.0 Å². The maximum atomic E-state index is 13.7. The van der Waals surface area contributed by atoms with Crippen molar-refractivity contribution in [3.05, 3.63) is 66.1 Å². The molecule has 3 N–H and O–H groups in total. The van der Waals surface area contributed by atoms with Crippen LogP contribution in [0.3, 0.4) is 0 Å². The van der Waals surface area contributed by atoms with E-state index in [2.05, 4.69) is 37.5 Å². The molecule has 3 aromatic rings. The van der Waals surface area contributed by atoms with Crippen molar-refractivity contribution < 1.29 is 22.7 Å². The lowest BCUT2D eigenvalue weighted by molar-refractivity contribution is -0.137. The Morgan fingerprint density at radius 2 is 1.82 bits per heavy atom. The van der Waals surface area contributed by atoms with Gasteiger partial charge in [-0.15, -0.1) is 0 Å². The molecule has 0 radical (unpaired) electrons. The molecule has 1 aromatic carbocycles. The molecule has 0 aliphatic carbocycles. The highest BCUT2D eigenvalue weighted by molar-refractivity contribution is 6.01. The lowest BCUT2D eigenvalue weighted by Gasteiger charge is -2.17. The van der Waals surface area contributed by atoms with E-state index in [1.165, 1.54) is 13.3 Å². The van der Waals surface area contributed by atoms with Gasteiger partial charge in [-0.05, 0) is 37.6 Å². The molecule has 2 aromatic heterocycles. The maximum Gasteiger partial charge on any atom is 0.421 e. The number of nitrogens with one attached hydrogen (secondary N) is 3. The molecule has 33 heavy (non-hydrogen) atoms. The number of alkyl halides is 3. The van der Waals surface area contributed by atoms with Gasteiger partial charge in [0.15, 0.2) is 0 Å². The quantitative estimate of drug-likeness (QED) is 0.422. The summed E-state index contributed by atoms with van der Waals surface area (Å²) in [7, 11) is 1.47. The fourth-order valence-electron chi connectivity index (χ4n) is 2.80. The second-order valence-electron chi connectivity index (χ2n) is 6.95. The van der Waals surface area contributed by atoms with Crippen molar-refractivity contribution in [3.63, 3.8) is 0 Å². The van der Waals surface area contributed by atoms with Gasteiger partial charge in [0.1, 0.15) is 17.1 Å². The smallest absolute Gasteiger partial charge is 0.421 e. The molecule has 0 fully saturated rings. The zero-order chi connectivity index (χ0) is 24.2. The summed E-state index contributed by atoms with van der Waals surface area (Å²) >= 11 is 0. The molecule has 172 valence electrons. The number of hydrogen-bond acceptors (Lipinski definition) is 7. The third kappa shape index (κ3) is 5.76. The molecule has 0 bridgehead atoms. The van der Waals surface area contributed by atoms with Gasteiger partial charge in [0.2, 0.25) is 11.9 Å². The van der Waals surface area contributed by atoms with Gasteiger partial charge in [-0.25, -0.2) is 4.98 Å². The van der Waals surface area contributed by atoms with Crippen molar-refractivity contribution in [2.75, 3.05) is 23.1 Å². The average Bonchev–Trinajstić information content (AvgIpc) is 2.76. The molecule has 8 nitrogen and oxygen atoms in total. The van der Waals surface area contributed by atoms with Crippen molar-refractivity contribution in [1.82, 2.24) is 15.0 Å². The highest BCUT2D eigenvalue weighted by atomic mass is 19.4. The summed E-state index contributed by atoms with van der Waals surface area (Å²) in [5, 5.41) is 8.10. The Labute approximate surface area is 187 Å². The molecule has 3 rings (SSSR count). The molecule has 0 atom stereocenters. The van der Waals surface area contributed by atoms with Crippen LogP contribution in [-0.2, 0) is 11.0 Å². The second kappa shape index (κ2) is 9.55. The number of aryl methyl sites for hydroxylation is 2. The fourth-order valence-corrected chi connectivity index (χ4v) is 2.80. The summed E-state index contributed by atoms with van der Waals surface area (Å²) in [6, 6.07) is 6.46. The highest BCUT2D eigenvalue weighted by Crippen LogP contribution is 2.37. The van der Waals surface area contributed by atoms with Crippen LogP contribution < -0.4 is 20.7 Å². The van der Waals surface area contributed by atoms with E-state index >= 15 is 0 Å². The van der Waals surface area contributed by atoms with E-state index in [1.54, 1.807) is 38.1 Å². The molecular formula is C22H21F3N6O2. The van der Waals surface area contributed by atoms with E-state index in [0.717, 1.165) is 11.6 Å². The van der Waals surface area contributed by atoms with Gasteiger partial charge in [0.05, 0.1) is 36.1 Å². The number of amides is 1. The van der Waals surface area contributed by atoms with Crippen molar-refractivity contribution in [1.29, 1.82) is 0 Å². The summed E-state index contributed by atoms with van der Waals surface area (Å²) in [6.07, 6.45) is -1.47. The van der Waals surface area contributed by atoms with Crippen LogP contribution in [0.25, 0.3) is 0 Å². The Balaban J connectivity index is 2.02. The number of pyridine rings is 1. The first-order valence-corrected chi connectivity index (χ1v) is 9.63. The zero-order valence-electron chi connectivity index (χ0n) is 18.0. The van der Waals surface area contributed by atoms with Crippen LogP contribution in [0.1, 0.15) is 16.8 Å². The molecule has 0 aliphatic heterocycles. The Morgan fingerprint density at radius 3 is 2.48 bits per heavy atom. The van der Waals surface area contributed by atoms with E-state index in [1.807, 2.05) is 0 Å². The third-order valence-corrected chi connectivity index (χ3v) is 4.51. The van der Waals surface area contributed by atoms with Crippen molar-refractivity contribution >= 4 is 34.7 Å². The van der Waals surface area contributed by atoms with Gasteiger partial charge in [0, 0.05) is 12.3 Å². The molecule has 1 amide bonds. The topological polar surface area (TPSA) is 101 Å². The Bertz CT molecular complexity index is 1200. The second-order valence-corrected chi connectivity index (χ2v) is 6.95. The summed E-state index contributed by atoms with van der Waals surface area (Å²) < 4.78 is 46.1. The molecular weight excluding hydrogens is 437 g/mol. The van der Waals surface area contributed by atoms with E-state index in [4.69, 9.17) is 4.74 Å². The molecule has 11 heteroatoms. The summed E-state index contributed by atoms with van der Waals surface area (Å²) in [5.74, 6) is -0.639. The number of methoxy groups -OCH3 is 1. The van der Waals surface area contributed by atoms with Crippen LogP contribution in [-0.4, -0.2) is 28.0 Å². The minimum Gasteiger partial charge on any atom is -0.495 e. The average molecular weight is 458 g/mol. The van der Waals surface area contributed by atoms with Crippen LogP contribution >= 0.6 is 0 Å². The standard InChI is InChI=1S/C22H21F3N6O2/c1-5-19(32)28-18-8-12(2)6-7-16(18)29-20-15(22(23,24)25)11-27-21(31-20)30-17-9-14(33-4)10-26-13(17)3/h5-11H,1H2,2-4H3,(H,28,32)(H2,27,29,30,31). The van der Waals surface area contributed by atoms with Gasteiger partial charge in [-0.3, -0.25) is 9.78 Å². The third-order valence-electron chi connectivity index (χ3n) is 4.51. The van der Waals surface area contributed by atoms with Gasteiger partial charge in [-0.2, -0.15) is 18.2 Å². The summed E-state index contributed by atoms with van der Waals surface area (Å²) in [5.41, 5.74) is 1.24. The molecule has 0 saturated heterocycles. The first-order chi connectivity index (χ1) is 15.6. The SMILES string of the molecule is C=CC(=O)Nc1cc(C)ccc1Nc1nc(Nc2cc(OC)cnc2C)ncc1C(F)(F)F. The van der Waals surface area contributed by atoms with Crippen molar-refractivity contribution in [2.24, 2.45) is 0 Å². The van der Waals surface area contributed by atoms with Gasteiger partial charge < -0.3 is 20.7 Å². The molecule has 0 saturated carbocycles. The predicted octanol–water partition coefficient (Wildman–Crippen LogP) is 5.13. The summed E-state index contributed by atoms with van der Waals surface area (Å²) in [6.45, 7) is 6.88. The number of hydrogen-bond donors (Lipinski definition) is 3.